The highest BCUT2D eigenvalue weighted by atomic mass is 32.2. The van der Waals surface area contributed by atoms with E-state index in [0.717, 1.165) is 12.1 Å². The lowest BCUT2D eigenvalue weighted by Crippen LogP contribution is -2.25. The zero-order valence-corrected chi connectivity index (χ0v) is 16.8. The number of amides is 1. The second-order valence-corrected chi connectivity index (χ2v) is 7.26. The van der Waals surface area contributed by atoms with Crippen LogP contribution in [0.3, 0.4) is 0 Å². The highest BCUT2D eigenvalue weighted by Gasteiger charge is 2.10. The summed E-state index contributed by atoms with van der Waals surface area (Å²) in [5, 5.41) is 3.49. The Labute approximate surface area is 167 Å². The summed E-state index contributed by atoms with van der Waals surface area (Å²) in [5.74, 6) is -0.0877. The summed E-state index contributed by atoms with van der Waals surface area (Å²) in [6, 6.07) is 8.10. The number of hydrogen-bond acceptors (Lipinski definition) is 5. The number of nitrogens with zero attached hydrogens (tertiary/aromatic N) is 3. The minimum Gasteiger partial charge on any atom is -0.352 e. The monoisotopic (exact) mass is 397 g/mol. The summed E-state index contributed by atoms with van der Waals surface area (Å²) in [4.78, 5) is 35.4. The van der Waals surface area contributed by atoms with Gasteiger partial charge in [0.2, 0.25) is 5.91 Å². The second-order valence-electron chi connectivity index (χ2n) is 6.47. The molecule has 0 bridgehead atoms. The van der Waals surface area contributed by atoms with Crippen LogP contribution >= 0.6 is 11.8 Å². The molecule has 0 saturated carbocycles. The molecule has 2 aromatic heterocycles. The molecule has 2 N–H and O–H groups in total. The molecule has 0 saturated heterocycles. The Kier molecular flexibility index (Phi) is 6.65. The van der Waals surface area contributed by atoms with Crippen molar-refractivity contribution >= 4 is 17.7 Å². The molecule has 0 spiro atoms. The number of aromatic amines is 1. The number of carbonyl (C=O) groups is 1. The number of aromatic nitrogens is 4. The van der Waals surface area contributed by atoms with E-state index in [1.807, 2.05) is 41.3 Å². The number of thioether (sulfide) groups is 1. The van der Waals surface area contributed by atoms with Gasteiger partial charge in [0.1, 0.15) is 0 Å². The molecule has 1 amide bonds. The zero-order valence-electron chi connectivity index (χ0n) is 15.9. The molecule has 0 unspecified atom stereocenters. The first-order valence-corrected chi connectivity index (χ1v) is 10.2. The van der Waals surface area contributed by atoms with E-state index in [4.69, 9.17) is 0 Å². The lowest BCUT2D eigenvalue weighted by molar-refractivity contribution is -0.121. The molecule has 0 aliphatic heterocycles. The smallest absolute Gasteiger partial charge is 0.254 e. The predicted molar refractivity (Wildman–Crippen MR) is 109 cm³/mol. The van der Waals surface area contributed by atoms with Gasteiger partial charge >= 0.3 is 0 Å². The van der Waals surface area contributed by atoms with E-state index in [2.05, 4.69) is 20.3 Å². The summed E-state index contributed by atoms with van der Waals surface area (Å²) >= 11 is 1.39. The first-order valence-electron chi connectivity index (χ1n) is 8.99. The van der Waals surface area contributed by atoms with Crippen LogP contribution < -0.4 is 10.9 Å². The summed E-state index contributed by atoms with van der Waals surface area (Å²) in [6.45, 7) is 3.03. The van der Waals surface area contributed by atoms with Crippen molar-refractivity contribution in [1.82, 2.24) is 24.8 Å². The zero-order chi connectivity index (χ0) is 19.9. The van der Waals surface area contributed by atoms with Crippen LogP contribution in [-0.2, 0) is 24.3 Å². The number of aryl methyl sites for hydroxylation is 1. The van der Waals surface area contributed by atoms with E-state index in [9.17, 15) is 9.59 Å². The van der Waals surface area contributed by atoms with E-state index >= 15 is 0 Å². The van der Waals surface area contributed by atoms with Crippen molar-refractivity contribution < 1.29 is 4.79 Å². The quantitative estimate of drug-likeness (QED) is 0.449. The molecule has 8 heteroatoms. The molecule has 2 heterocycles. The molecule has 0 aliphatic rings. The molecule has 0 radical (unpaired) electrons. The number of benzene rings is 1. The Hall–Kier alpha value is -2.87. The van der Waals surface area contributed by atoms with Crippen LogP contribution in [0.4, 0.5) is 0 Å². The average Bonchev–Trinajstić information content (AvgIpc) is 3.19. The van der Waals surface area contributed by atoms with Crippen LogP contribution in [0.5, 0.6) is 0 Å². The van der Waals surface area contributed by atoms with E-state index < -0.39 is 0 Å². The molecule has 0 atom stereocenters. The molecule has 0 aliphatic carbocycles. The van der Waals surface area contributed by atoms with Gasteiger partial charge in [0, 0.05) is 43.2 Å². The van der Waals surface area contributed by atoms with Gasteiger partial charge in [-0.3, -0.25) is 9.59 Å². The van der Waals surface area contributed by atoms with Crippen molar-refractivity contribution in [3.8, 4) is 0 Å². The van der Waals surface area contributed by atoms with Crippen molar-refractivity contribution in [2.75, 3.05) is 6.26 Å². The number of H-pyrrole nitrogens is 1. The van der Waals surface area contributed by atoms with Crippen LogP contribution in [0.25, 0.3) is 0 Å². The number of carbonyl (C=O) groups excluding carboxylic acids is 1. The maximum Gasteiger partial charge on any atom is 0.254 e. The van der Waals surface area contributed by atoms with Gasteiger partial charge in [-0.05, 0) is 30.7 Å². The number of imidazole rings is 1. The summed E-state index contributed by atoms with van der Waals surface area (Å²) in [6.07, 6.45) is 7.94. The minimum absolute atomic E-state index is 0.0877. The fourth-order valence-corrected chi connectivity index (χ4v) is 3.28. The maximum absolute atomic E-state index is 12.2. The van der Waals surface area contributed by atoms with Crippen LogP contribution in [0.15, 0.2) is 52.9 Å². The first kappa shape index (κ1) is 19.9. The van der Waals surface area contributed by atoms with Crippen molar-refractivity contribution in [3.63, 3.8) is 0 Å². The standard InChI is InChI=1S/C20H23N5O2S/c1-14-17(19(27)24-20(23-14)28-2)7-8-18(26)22-11-15-3-5-16(6-4-15)12-25-10-9-21-13-25/h3-6,9-10,13H,7-8,11-12H2,1-2H3,(H,22,26)(H,23,24,27). The molecule has 3 rings (SSSR count). The average molecular weight is 398 g/mol. The fourth-order valence-electron chi connectivity index (χ4n) is 2.86. The largest absolute Gasteiger partial charge is 0.352 e. The normalized spacial score (nSPS) is 10.8. The third-order valence-corrected chi connectivity index (χ3v) is 5.01. The minimum atomic E-state index is -0.168. The summed E-state index contributed by atoms with van der Waals surface area (Å²) in [7, 11) is 0. The van der Waals surface area contributed by atoms with Gasteiger partial charge < -0.3 is 14.9 Å². The lowest BCUT2D eigenvalue weighted by atomic mass is 10.1. The van der Waals surface area contributed by atoms with Gasteiger partial charge in [0.15, 0.2) is 5.16 Å². The molecular formula is C20H23N5O2S. The van der Waals surface area contributed by atoms with E-state index in [-0.39, 0.29) is 17.9 Å². The maximum atomic E-state index is 12.2. The summed E-state index contributed by atoms with van der Waals surface area (Å²) in [5.41, 5.74) is 3.27. The van der Waals surface area contributed by atoms with Gasteiger partial charge in [-0.25, -0.2) is 9.97 Å². The van der Waals surface area contributed by atoms with E-state index in [1.54, 1.807) is 19.4 Å². The fraction of sp³-hybridized carbons (Fsp3) is 0.300. The number of rotatable bonds is 8. The molecular weight excluding hydrogens is 374 g/mol. The van der Waals surface area contributed by atoms with Crippen molar-refractivity contribution in [2.45, 2.75) is 38.0 Å². The molecule has 7 nitrogen and oxygen atoms in total. The van der Waals surface area contributed by atoms with E-state index in [0.29, 0.717) is 29.4 Å². The molecule has 0 fully saturated rings. The number of hydrogen-bond donors (Lipinski definition) is 2. The first-order chi connectivity index (χ1) is 13.5. The van der Waals surface area contributed by atoms with Gasteiger partial charge in [-0.15, -0.1) is 0 Å². The third kappa shape index (κ3) is 5.32. The Balaban J connectivity index is 1.49. The Morgan fingerprint density at radius 1 is 1.25 bits per heavy atom. The topological polar surface area (TPSA) is 92.7 Å². The van der Waals surface area contributed by atoms with Crippen LogP contribution in [-0.4, -0.2) is 31.7 Å². The molecule has 28 heavy (non-hydrogen) atoms. The van der Waals surface area contributed by atoms with Gasteiger partial charge in [0.05, 0.1) is 6.33 Å². The second kappa shape index (κ2) is 9.36. The lowest BCUT2D eigenvalue weighted by Gasteiger charge is -2.08. The van der Waals surface area contributed by atoms with Crippen LogP contribution in [0.1, 0.15) is 28.8 Å². The predicted octanol–water partition coefficient (Wildman–Crippen LogP) is 2.29. The van der Waals surface area contributed by atoms with Crippen LogP contribution in [0.2, 0.25) is 0 Å². The molecule has 146 valence electrons. The number of nitrogens with one attached hydrogen (secondary N) is 2. The highest BCUT2D eigenvalue weighted by Crippen LogP contribution is 2.10. The Morgan fingerprint density at radius 3 is 2.64 bits per heavy atom. The van der Waals surface area contributed by atoms with Crippen molar-refractivity contribution in [2.24, 2.45) is 0 Å². The molecule has 1 aromatic carbocycles. The van der Waals surface area contributed by atoms with Gasteiger partial charge in [-0.1, -0.05) is 36.0 Å². The molecule has 3 aromatic rings. The summed E-state index contributed by atoms with van der Waals surface area (Å²) < 4.78 is 2.00. The van der Waals surface area contributed by atoms with Crippen LogP contribution in [0, 0.1) is 6.92 Å². The van der Waals surface area contributed by atoms with Crippen molar-refractivity contribution in [3.05, 3.63) is 75.7 Å². The highest BCUT2D eigenvalue weighted by molar-refractivity contribution is 7.98. The Morgan fingerprint density at radius 2 is 2.00 bits per heavy atom. The van der Waals surface area contributed by atoms with Crippen molar-refractivity contribution in [1.29, 1.82) is 0 Å². The van der Waals surface area contributed by atoms with E-state index in [1.165, 1.54) is 17.3 Å². The van der Waals surface area contributed by atoms with Gasteiger partial charge in [-0.2, -0.15) is 0 Å². The van der Waals surface area contributed by atoms with Gasteiger partial charge in [0.25, 0.3) is 5.56 Å². The Bertz CT molecular complexity index is 981. The third-order valence-electron chi connectivity index (χ3n) is 4.43. The SMILES string of the molecule is CSc1nc(C)c(CCC(=O)NCc2ccc(Cn3ccnc3)cc2)c(=O)[nH]1.